The Bertz CT molecular complexity index is 996. The zero-order chi connectivity index (χ0) is 22.2. The van der Waals surface area contributed by atoms with Crippen LogP contribution in [0.25, 0.3) is 11.1 Å². The third-order valence-corrected chi connectivity index (χ3v) is 5.69. The first-order valence-electron chi connectivity index (χ1n) is 10.9. The Morgan fingerprint density at radius 2 is 1.68 bits per heavy atom. The average Bonchev–Trinajstić information content (AvgIpc) is 2.81. The molecule has 3 aromatic rings. The molecule has 0 radical (unpaired) electrons. The van der Waals surface area contributed by atoms with Crippen LogP contribution in [0.2, 0.25) is 0 Å². The molecule has 0 heterocycles. The van der Waals surface area contributed by atoms with E-state index in [1.54, 1.807) is 12.1 Å². The monoisotopic (exact) mass is 420 g/mol. The largest absolute Gasteiger partial charge is 0.489 e. The molecule has 0 aliphatic heterocycles. The summed E-state index contributed by atoms with van der Waals surface area (Å²) in [6.07, 6.45) is 2.23. The molecule has 31 heavy (non-hydrogen) atoms. The van der Waals surface area contributed by atoms with E-state index >= 15 is 0 Å². The van der Waals surface area contributed by atoms with Gasteiger partial charge in [-0.3, -0.25) is 0 Å². The first-order valence-corrected chi connectivity index (χ1v) is 10.9. The molecular formula is C27H32O4. The van der Waals surface area contributed by atoms with Crippen LogP contribution in [0.3, 0.4) is 0 Å². The fourth-order valence-corrected chi connectivity index (χ4v) is 3.73. The predicted molar refractivity (Wildman–Crippen MR) is 124 cm³/mol. The molecule has 0 saturated carbocycles. The van der Waals surface area contributed by atoms with Crippen LogP contribution in [0.4, 0.5) is 0 Å². The molecule has 0 spiro atoms. The fourth-order valence-electron chi connectivity index (χ4n) is 3.73. The van der Waals surface area contributed by atoms with Crippen LogP contribution in [-0.2, 0) is 26.2 Å². The molecule has 0 fully saturated rings. The van der Waals surface area contributed by atoms with Crippen molar-refractivity contribution in [1.82, 2.24) is 0 Å². The first-order chi connectivity index (χ1) is 15.0. The van der Waals surface area contributed by atoms with E-state index in [9.17, 15) is 15.3 Å². The van der Waals surface area contributed by atoms with Gasteiger partial charge in [0.2, 0.25) is 0 Å². The van der Waals surface area contributed by atoms with Gasteiger partial charge in [0.1, 0.15) is 12.4 Å². The molecule has 0 aromatic heterocycles. The molecule has 3 N–H and O–H groups in total. The highest BCUT2D eigenvalue weighted by Crippen LogP contribution is 2.27. The van der Waals surface area contributed by atoms with E-state index in [1.807, 2.05) is 25.1 Å². The summed E-state index contributed by atoms with van der Waals surface area (Å²) in [5.74, 6) is 0.668. The van der Waals surface area contributed by atoms with Crippen molar-refractivity contribution < 1.29 is 20.1 Å². The molecular weight excluding hydrogens is 388 g/mol. The lowest BCUT2D eigenvalue weighted by Crippen LogP contribution is -2.05. The summed E-state index contributed by atoms with van der Waals surface area (Å²) in [6, 6.07) is 20.2. The SMILES string of the molecule is CCC(O)CCc1ccc(-c2cccc(COc3ccc(CO)c(CO)c3)c2)c(C)c1. The molecule has 4 heteroatoms. The van der Waals surface area contributed by atoms with Crippen LogP contribution in [0.1, 0.15) is 47.6 Å². The number of ether oxygens (including phenoxy) is 1. The lowest BCUT2D eigenvalue weighted by Gasteiger charge is -2.13. The van der Waals surface area contributed by atoms with Crippen molar-refractivity contribution in [3.8, 4) is 16.9 Å². The third kappa shape index (κ3) is 6.17. The molecule has 1 unspecified atom stereocenters. The number of rotatable bonds is 10. The second kappa shape index (κ2) is 11.1. The van der Waals surface area contributed by atoms with Crippen LogP contribution in [0.15, 0.2) is 60.7 Å². The summed E-state index contributed by atoms with van der Waals surface area (Å²) < 4.78 is 5.92. The number of hydrogen-bond donors (Lipinski definition) is 3. The molecule has 3 rings (SSSR count). The van der Waals surface area contributed by atoms with Gasteiger partial charge in [-0.05, 0) is 83.3 Å². The topological polar surface area (TPSA) is 69.9 Å². The maximum Gasteiger partial charge on any atom is 0.120 e. The van der Waals surface area contributed by atoms with Crippen molar-refractivity contribution in [2.45, 2.75) is 59.0 Å². The van der Waals surface area contributed by atoms with Crippen molar-refractivity contribution in [1.29, 1.82) is 0 Å². The van der Waals surface area contributed by atoms with Gasteiger partial charge in [-0.25, -0.2) is 0 Å². The molecule has 3 aromatic carbocycles. The van der Waals surface area contributed by atoms with Gasteiger partial charge in [-0.1, -0.05) is 49.4 Å². The summed E-state index contributed by atoms with van der Waals surface area (Å²) >= 11 is 0. The van der Waals surface area contributed by atoms with Crippen LogP contribution in [-0.4, -0.2) is 21.4 Å². The second-order valence-electron chi connectivity index (χ2n) is 7.99. The van der Waals surface area contributed by atoms with E-state index < -0.39 is 0 Å². The molecule has 0 aliphatic rings. The van der Waals surface area contributed by atoms with Crippen LogP contribution >= 0.6 is 0 Å². The first kappa shape index (κ1) is 23.0. The van der Waals surface area contributed by atoms with Gasteiger partial charge in [0.25, 0.3) is 0 Å². The lowest BCUT2D eigenvalue weighted by atomic mass is 9.95. The van der Waals surface area contributed by atoms with Gasteiger partial charge >= 0.3 is 0 Å². The molecule has 4 nitrogen and oxygen atoms in total. The van der Waals surface area contributed by atoms with Crippen molar-refractivity contribution in [3.05, 3.63) is 88.5 Å². The highest BCUT2D eigenvalue weighted by atomic mass is 16.5. The minimum Gasteiger partial charge on any atom is -0.489 e. The van der Waals surface area contributed by atoms with E-state index in [4.69, 9.17) is 4.74 Å². The van der Waals surface area contributed by atoms with Crippen molar-refractivity contribution in [3.63, 3.8) is 0 Å². The highest BCUT2D eigenvalue weighted by molar-refractivity contribution is 5.68. The summed E-state index contributed by atoms with van der Waals surface area (Å²) in [5.41, 5.74) is 7.25. The number of hydrogen-bond acceptors (Lipinski definition) is 4. The van der Waals surface area contributed by atoms with E-state index in [2.05, 4.69) is 37.3 Å². The Morgan fingerprint density at radius 3 is 2.39 bits per heavy atom. The maximum atomic E-state index is 9.80. The molecule has 164 valence electrons. The Labute approximate surface area is 184 Å². The van der Waals surface area contributed by atoms with Crippen LogP contribution in [0, 0.1) is 6.92 Å². The van der Waals surface area contributed by atoms with E-state index in [-0.39, 0.29) is 19.3 Å². The summed E-state index contributed by atoms with van der Waals surface area (Å²) in [5, 5.41) is 28.6. The summed E-state index contributed by atoms with van der Waals surface area (Å²) in [6.45, 7) is 4.32. The summed E-state index contributed by atoms with van der Waals surface area (Å²) in [4.78, 5) is 0. The lowest BCUT2D eigenvalue weighted by molar-refractivity contribution is 0.160. The third-order valence-electron chi connectivity index (χ3n) is 5.69. The fraction of sp³-hybridized carbons (Fsp3) is 0.333. The molecule has 0 bridgehead atoms. The van der Waals surface area contributed by atoms with E-state index in [1.165, 1.54) is 16.7 Å². The number of benzene rings is 3. The Hall–Kier alpha value is -2.66. The summed E-state index contributed by atoms with van der Waals surface area (Å²) in [7, 11) is 0. The number of aryl methyl sites for hydroxylation is 2. The zero-order valence-electron chi connectivity index (χ0n) is 18.3. The molecule has 1 atom stereocenters. The number of aliphatic hydroxyl groups is 3. The van der Waals surface area contributed by atoms with Gasteiger partial charge in [-0.2, -0.15) is 0 Å². The zero-order valence-corrected chi connectivity index (χ0v) is 18.3. The molecule has 0 saturated heterocycles. The van der Waals surface area contributed by atoms with Crippen LogP contribution in [0.5, 0.6) is 5.75 Å². The Morgan fingerprint density at radius 1 is 0.871 bits per heavy atom. The van der Waals surface area contributed by atoms with Gasteiger partial charge < -0.3 is 20.1 Å². The smallest absolute Gasteiger partial charge is 0.120 e. The predicted octanol–water partition coefficient (Wildman–Crippen LogP) is 4.93. The van der Waals surface area contributed by atoms with Crippen LogP contribution < -0.4 is 4.74 Å². The van der Waals surface area contributed by atoms with Gasteiger partial charge in [0.05, 0.1) is 19.3 Å². The van der Waals surface area contributed by atoms with Gasteiger partial charge in [-0.15, -0.1) is 0 Å². The second-order valence-corrected chi connectivity index (χ2v) is 7.99. The van der Waals surface area contributed by atoms with E-state index in [0.717, 1.165) is 30.4 Å². The Balaban J connectivity index is 1.70. The molecule has 0 aliphatic carbocycles. The van der Waals surface area contributed by atoms with E-state index in [0.29, 0.717) is 23.5 Å². The number of aliphatic hydroxyl groups excluding tert-OH is 3. The van der Waals surface area contributed by atoms with Gasteiger partial charge in [0.15, 0.2) is 0 Å². The van der Waals surface area contributed by atoms with Crippen molar-refractivity contribution in [2.24, 2.45) is 0 Å². The standard InChI is InChI=1S/C27H32O4/c1-3-25(30)10-7-20-8-12-27(19(2)13-20)22-6-4-5-21(14-22)18-31-26-11-9-23(16-28)24(15-26)17-29/h4-6,8-9,11-15,25,28-30H,3,7,10,16-18H2,1-2H3. The maximum absolute atomic E-state index is 9.80. The van der Waals surface area contributed by atoms with Crippen molar-refractivity contribution in [2.75, 3.05) is 0 Å². The normalized spacial score (nSPS) is 12.0. The quantitative estimate of drug-likeness (QED) is 0.435. The molecule has 0 amide bonds. The average molecular weight is 421 g/mol. The highest BCUT2D eigenvalue weighted by Gasteiger charge is 2.08. The Kier molecular flexibility index (Phi) is 8.24. The van der Waals surface area contributed by atoms with Gasteiger partial charge in [0, 0.05) is 0 Å². The minimum atomic E-state index is -0.232. The van der Waals surface area contributed by atoms with Crippen molar-refractivity contribution >= 4 is 0 Å². The minimum absolute atomic E-state index is 0.102.